The van der Waals surface area contributed by atoms with Crippen LogP contribution in [0.15, 0.2) is 36.1 Å². The van der Waals surface area contributed by atoms with E-state index in [-0.39, 0.29) is 20.1 Å². The summed E-state index contributed by atoms with van der Waals surface area (Å²) in [7, 11) is 0. The standard InChI is InChI=1S/C8H12.C5H2F6O2.Ir/c1-2-4-6-8-7-5-3-1;6-4(7,8)2(12)1-3(13)5(9,10)11;/h1-2,7-8H,3-6H2;1,12H;/p-1/b2-1-,8-7-;2-1-;. The molecule has 129 valence electrons. The second kappa shape index (κ2) is 10.6. The van der Waals surface area contributed by atoms with E-state index in [0.29, 0.717) is 0 Å². The van der Waals surface area contributed by atoms with E-state index in [4.69, 9.17) is 0 Å². The molecule has 0 fully saturated rings. The molecule has 0 aromatic carbocycles. The molecule has 0 saturated carbocycles. The van der Waals surface area contributed by atoms with Crippen LogP contribution in [-0.4, -0.2) is 18.1 Å². The summed E-state index contributed by atoms with van der Waals surface area (Å²) in [5, 5.41) is 9.82. The van der Waals surface area contributed by atoms with Crippen LogP contribution >= 0.6 is 0 Å². The molecule has 2 nitrogen and oxygen atoms in total. The van der Waals surface area contributed by atoms with Crippen LogP contribution in [0.25, 0.3) is 0 Å². The van der Waals surface area contributed by atoms with Crippen LogP contribution in [-0.2, 0) is 24.9 Å². The van der Waals surface area contributed by atoms with Crippen molar-refractivity contribution in [1.29, 1.82) is 0 Å². The quantitative estimate of drug-likeness (QED) is 0.236. The van der Waals surface area contributed by atoms with Crippen molar-refractivity contribution in [3.05, 3.63) is 36.1 Å². The van der Waals surface area contributed by atoms with Crippen LogP contribution < -0.4 is 5.11 Å². The van der Waals surface area contributed by atoms with Gasteiger partial charge in [0.1, 0.15) is 0 Å². The molecule has 22 heavy (non-hydrogen) atoms. The maximum atomic E-state index is 11.3. The number of alkyl halides is 6. The molecule has 1 aliphatic rings. The van der Waals surface area contributed by atoms with E-state index in [9.17, 15) is 36.2 Å². The number of carbonyl (C=O) groups is 1. The first-order valence-electron chi connectivity index (χ1n) is 5.92. The monoisotopic (exact) mass is 508 g/mol. The average molecular weight is 507 g/mol. The third kappa shape index (κ3) is 11.6. The molecule has 1 rings (SSSR count). The molecular formula is C13H13F6IrO2-. The molecule has 9 heteroatoms. The summed E-state index contributed by atoms with van der Waals surface area (Å²) in [5.41, 5.74) is 0. The van der Waals surface area contributed by atoms with Gasteiger partial charge in [0.2, 0.25) is 0 Å². The number of hydrogen-bond acceptors (Lipinski definition) is 2. The number of ketones is 1. The van der Waals surface area contributed by atoms with Crippen molar-refractivity contribution in [3.63, 3.8) is 0 Å². The van der Waals surface area contributed by atoms with Crippen molar-refractivity contribution in [2.24, 2.45) is 0 Å². The Morgan fingerprint density at radius 1 is 0.818 bits per heavy atom. The minimum absolute atomic E-state index is 0. The van der Waals surface area contributed by atoms with E-state index in [1.807, 2.05) is 0 Å². The third-order valence-corrected chi connectivity index (χ3v) is 2.15. The van der Waals surface area contributed by atoms with Crippen molar-refractivity contribution < 1.29 is 56.3 Å². The van der Waals surface area contributed by atoms with Crippen molar-refractivity contribution in [2.45, 2.75) is 38.0 Å². The van der Waals surface area contributed by atoms with Gasteiger partial charge >= 0.3 is 12.4 Å². The maximum absolute atomic E-state index is 11.3. The Balaban J connectivity index is 0. The average Bonchev–Trinajstić information content (AvgIpc) is 2.25. The van der Waals surface area contributed by atoms with E-state index in [1.165, 1.54) is 25.7 Å². The van der Waals surface area contributed by atoms with E-state index < -0.39 is 30.0 Å². The molecule has 0 unspecified atom stereocenters. The zero-order chi connectivity index (χ0) is 16.5. The fourth-order valence-corrected chi connectivity index (χ4v) is 1.14. The van der Waals surface area contributed by atoms with Crippen molar-refractivity contribution in [2.75, 3.05) is 0 Å². The summed E-state index contributed by atoms with van der Waals surface area (Å²) in [5.74, 6) is -5.65. The predicted octanol–water partition coefficient (Wildman–Crippen LogP) is 3.59. The van der Waals surface area contributed by atoms with Crippen LogP contribution in [0.2, 0.25) is 0 Å². The number of carbonyl (C=O) groups excluding carboxylic acids is 1. The summed E-state index contributed by atoms with van der Waals surface area (Å²) in [6.07, 6.45) is 2.06. The number of hydrogen-bond donors (Lipinski definition) is 0. The Morgan fingerprint density at radius 3 is 1.36 bits per heavy atom. The number of halogens is 6. The molecule has 0 amide bonds. The summed E-state index contributed by atoms with van der Waals surface area (Å²) in [6.45, 7) is 0. The predicted molar refractivity (Wildman–Crippen MR) is 61.9 cm³/mol. The second-order valence-electron chi connectivity index (χ2n) is 3.97. The van der Waals surface area contributed by atoms with Crippen LogP contribution in [0.4, 0.5) is 26.3 Å². The van der Waals surface area contributed by atoms with Gasteiger partial charge in [-0.1, -0.05) is 24.3 Å². The van der Waals surface area contributed by atoms with Gasteiger partial charge in [0.05, 0.1) is 0 Å². The van der Waals surface area contributed by atoms with Crippen molar-refractivity contribution >= 4 is 5.78 Å². The van der Waals surface area contributed by atoms with Gasteiger partial charge in [-0.3, -0.25) is 4.79 Å². The molecule has 1 aliphatic carbocycles. The molecule has 0 aliphatic heterocycles. The largest absolute Gasteiger partial charge is 0.869 e. The first-order chi connectivity index (χ1) is 9.55. The van der Waals surface area contributed by atoms with Crippen LogP contribution in [0.5, 0.6) is 0 Å². The molecule has 0 spiro atoms. The fourth-order valence-electron chi connectivity index (χ4n) is 1.14. The molecule has 0 atom stereocenters. The van der Waals surface area contributed by atoms with E-state index in [1.54, 1.807) is 0 Å². The van der Waals surface area contributed by atoms with E-state index in [2.05, 4.69) is 24.3 Å². The van der Waals surface area contributed by atoms with Gasteiger partial charge in [-0.25, -0.2) is 0 Å². The minimum atomic E-state index is -5.46. The normalized spacial score (nSPS) is 18.7. The molecule has 0 heterocycles. The topological polar surface area (TPSA) is 40.1 Å². The summed E-state index contributed by atoms with van der Waals surface area (Å²) in [4.78, 5) is 9.82. The summed E-state index contributed by atoms with van der Waals surface area (Å²) < 4.78 is 67.8. The van der Waals surface area contributed by atoms with Gasteiger partial charge < -0.3 is 5.11 Å². The van der Waals surface area contributed by atoms with Gasteiger partial charge in [-0.05, 0) is 37.5 Å². The number of rotatable bonds is 1. The summed E-state index contributed by atoms with van der Waals surface area (Å²) in [6, 6.07) is 0. The molecule has 0 aromatic rings. The van der Waals surface area contributed by atoms with Gasteiger partial charge in [0.25, 0.3) is 5.78 Å². The second-order valence-corrected chi connectivity index (χ2v) is 3.97. The van der Waals surface area contributed by atoms with Crippen LogP contribution in [0, 0.1) is 0 Å². The third-order valence-electron chi connectivity index (χ3n) is 2.15. The Labute approximate surface area is 136 Å². The SMILES string of the molecule is C1=C\CC/C=C\CC/1.O=C(/C=C(\[O-])C(F)(F)F)C(F)(F)F.[Ir]. The van der Waals surface area contributed by atoms with Gasteiger partial charge in [0.15, 0.2) is 0 Å². The molecular weight excluding hydrogens is 494 g/mol. The van der Waals surface area contributed by atoms with Crippen molar-refractivity contribution in [3.8, 4) is 0 Å². The van der Waals surface area contributed by atoms with Gasteiger partial charge in [-0.2, -0.15) is 26.3 Å². The maximum Gasteiger partial charge on any atom is 0.454 e. The minimum Gasteiger partial charge on any atom is -0.869 e. The summed E-state index contributed by atoms with van der Waals surface area (Å²) >= 11 is 0. The fraction of sp³-hybridized carbons (Fsp3) is 0.462. The first kappa shape index (κ1) is 23.2. The number of allylic oxidation sites excluding steroid dienone is 6. The molecule has 0 bridgehead atoms. The van der Waals surface area contributed by atoms with Crippen LogP contribution in [0.3, 0.4) is 0 Å². The Hall–Kier alpha value is -1.08. The Kier molecular flexibility index (Phi) is 11.2. The molecule has 1 radical (unpaired) electrons. The zero-order valence-corrected chi connectivity index (χ0v) is 13.5. The van der Waals surface area contributed by atoms with Gasteiger partial charge in [0, 0.05) is 20.1 Å². The molecule has 0 saturated heterocycles. The van der Waals surface area contributed by atoms with E-state index in [0.717, 1.165) is 0 Å². The van der Waals surface area contributed by atoms with Crippen molar-refractivity contribution in [1.82, 2.24) is 0 Å². The molecule has 0 aromatic heterocycles. The van der Waals surface area contributed by atoms with Gasteiger partial charge in [-0.15, -0.1) is 0 Å². The Morgan fingerprint density at radius 2 is 1.14 bits per heavy atom. The van der Waals surface area contributed by atoms with E-state index >= 15 is 0 Å². The first-order valence-corrected chi connectivity index (χ1v) is 5.92. The van der Waals surface area contributed by atoms with Crippen LogP contribution in [0.1, 0.15) is 25.7 Å². The molecule has 0 N–H and O–H groups in total. The Bertz CT molecular complexity index is 395. The zero-order valence-electron chi connectivity index (χ0n) is 11.1. The smallest absolute Gasteiger partial charge is 0.454 e.